The second kappa shape index (κ2) is 6.05. The average Bonchev–Trinajstić information content (AvgIpc) is 2.26. The second-order valence-corrected chi connectivity index (χ2v) is 4.43. The van der Waals surface area contributed by atoms with Crippen LogP contribution in [0.2, 0.25) is 0 Å². The largest absolute Gasteiger partial charge is 0.398 e. The van der Waals surface area contributed by atoms with E-state index in [1.807, 2.05) is 13.8 Å². The first kappa shape index (κ1) is 14.0. The van der Waals surface area contributed by atoms with Gasteiger partial charge in [0.1, 0.15) is 0 Å². The van der Waals surface area contributed by atoms with E-state index in [0.717, 1.165) is 0 Å². The van der Waals surface area contributed by atoms with Crippen molar-refractivity contribution < 1.29 is 9.59 Å². The number of rotatable bonds is 5. The molecule has 0 heterocycles. The van der Waals surface area contributed by atoms with E-state index in [0.29, 0.717) is 16.9 Å². The predicted molar refractivity (Wildman–Crippen MR) is 72.6 cm³/mol. The van der Waals surface area contributed by atoms with E-state index in [9.17, 15) is 9.59 Å². The third-order valence-electron chi connectivity index (χ3n) is 2.34. The molecule has 0 aliphatic heterocycles. The third-order valence-corrected chi connectivity index (χ3v) is 2.34. The Bertz CT molecular complexity index is 456. The van der Waals surface area contributed by atoms with Gasteiger partial charge in [-0.1, -0.05) is 0 Å². The summed E-state index contributed by atoms with van der Waals surface area (Å²) in [5.41, 5.74) is 7.29. The van der Waals surface area contributed by atoms with Crippen LogP contribution in [0, 0.1) is 0 Å². The van der Waals surface area contributed by atoms with Gasteiger partial charge < -0.3 is 16.4 Å². The number of hydrogen-bond donors (Lipinski definition) is 3. The van der Waals surface area contributed by atoms with Crippen molar-refractivity contribution in [2.75, 3.05) is 17.6 Å². The molecule has 98 valence electrons. The van der Waals surface area contributed by atoms with Crippen molar-refractivity contribution in [2.45, 2.75) is 26.8 Å². The van der Waals surface area contributed by atoms with Gasteiger partial charge in [-0.15, -0.1) is 0 Å². The molecular formula is C13H19N3O2. The van der Waals surface area contributed by atoms with E-state index in [1.54, 1.807) is 18.2 Å². The van der Waals surface area contributed by atoms with Crippen LogP contribution in [0.4, 0.5) is 11.4 Å². The number of hydrogen-bond acceptors (Lipinski definition) is 4. The lowest BCUT2D eigenvalue weighted by Gasteiger charge is -2.11. The van der Waals surface area contributed by atoms with Crippen molar-refractivity contribution in [1.82, 2.24) is 5.32 Å². The summed E-state index contributed by atoms with van der Waals surface area (Å²) in [6, 6.07) is 5.16. The van der Waals surface area contributed by atoms with Gasteiger partial charge >= 0.3 is 0 Å². The molecule has 0 bridgehead atoms. The van der Waals surface area contributed by atoms with E-state index < -0.39 is 0 Å². The van der Waals surface area contributed by atoms with Crippen LogP contribution in [0.15, 0.2) is 18.2 Å². The molecule has 1 aromatic rings. The number of nitrogen functional groups attached to an aromatic ring is 1. The van der Waals surface area contributed by atoms with Crippen molar-refractivity contribution >= 4 is 23.1 Å². The highest BCUT2D eigenvalue weighted by molar-refractivity contribution is 6.00. The molecule has 0 saturated carbocycles. The Morgan fingerprint density at radius 2 is 2.00 bits per heavy atom. The second-order valence-electron chi connectivity index (χ2n) is 4.43. The van der Waals surface area contributed by atoms with E-state index in [4.69, 9.17) is 5.73 Å². The molecule has 1 amide bonds. The molecule has 5 heteroatoms. The molecule has 1 rings (SSSR count). The van der Waals surface area contributed by atoms with Crippen LogP contribution >= 0.6 is 0 Å². The molecule has 5 nitrogen and oxygen atoms in total. The summed E-state index contributed by atoms with van der Waals surface area (Å²) in [7, 11) is 0. The molecule has 0 radical (unpaired) electrons. The zero-order valence-electron chi connectivity index (χ0n) is 10.9. The van der Waals surface area contributed by atoms with E-state index in [1.165, 1.54) is 6.92 Å². The highest BCUT2D eigenvalue weighted by Gasteiger charge is 2.07. The number of Topliss-reactive ketones (excluding diaryl/α,β-unsaturated/α-hetero) is 1. The fraction of sp³-hybridized carbons (Fsp3) is 0.385. The predicted octanol–water partition coefficient (Wildman–Crippen LogP) is 1.41. The van der Waals surface area contributed by atoms with Gasteiger partial charge in [0.25, 0.3) is 0 Å². The normalized spacial score (nSPS) is 10.2. The summed E-state index contributed by atoms with van der Waals surface area (Å²) in [6.45, 7) is 5.42. The number of nitrogens with two attached hydrogens (primary N) is 1. The maximum Gasteiger partial charge on any atom is 0.239 e. The Hall–Kier alpha value is -2.04. The zero-order chi connectivity index (χ0) is 13.7. The quantitative estimate of drug-likeness (QED) is 0.544. The highest BCUT2D eigenvalue weighted by Crippen LogP contribution is 2.18. The van der Waals surface area contributed by atoms with Gasteiger partial charge in [-0.2, -0.15) is 0 Å². The van der Waals surface area contributed by atoms with Gasteiger partial charge in [-0.3, -0.25) is 9.59 Å². The standard InChI is InChI=1S/C13H19N3O2/c1-8(2)16-13(18)7-15-10-4-5-12(14)11(6-10)9(3)17/h4-6,8,15H,7,14H2,1-3H3,(H,16,18). The Kier molecular flexibility index (Phi) is 4.71. The van der Waals surface area contributed by atoms with Gasteiger partial charge in [0.2, 0.25) is 5.91 Å². The smallest absolute Gasteiger partial charge is 0.239 e. The summed E-state index contributed by atoms with van der Waals surface area (Å²) < 4.78 is 0. The Labute approximate surface area is 107 Å². The maximum atomic E-state index is 11.4. The first-order chi connectivity index (χ1) is 8.40. The van der Waals surface area contributed by atoms with Crippen molar-refractivity contribution in [1.29, 1.82) is 0 Å². The van der Waals surface area contributed by atoms with Crippen molar-refractivity contribution in [3.8, 4) is 0 Å². The van der Waals surface area contributed by atoms with Gasteiger partial charge in [-0.05, 0) is 39.0 Å². The van der Waals surface area contributed by atoms with Crippen LogP contribution in [-0.4, -0.2) is 24.3 Å². The number of anilines is 2. The van der Waals surface area contributed by atoms with Crippen LogP contribution < -0.4 is 16.4 Å². The Morgan fingerprint density at radius 3 is 2.56 bits per heavy atom. The van der Waals surface area contributed by atoms with Gasteiger partial charge in [0.15, 0.2) is 5.78 Å². The fourth-order valence-corrected chi connectivity index (χ4v) is 1.53. The molecule has 0 atom stereocenters. The molecule has 1 aromatic carbocycles. The van der Waals surface area contributed by atoms with E-state index in [2.05, 4.69) is 10.6 Å². The van der Waals surface area contributed by atoms with E-state index in [-0.39, 0.29) is 24.3 Å². The molecular weight excluding hydrogens is 230 g/mol. The maximum absolute atomic E-state index is 11.4. The summed E-state index contributed by atoms with van der Waals surface area (Å²) in [5, 5.41) is 5.72. The number of ketones is 1. The molecule has 18 heavy (non-hydrogen) atoms. The first-order valence-corrected chi connectivity index (χ1v) is 5.84. The molecule has 0 unspecified atom stereocenters. The van der Waals surface area contributed by atoms with Gasteiger partial charge in [-0.25, -0.2) is 0 Å². The van der Waals surface area contributed by atoms with E-state index >= 15 is 0 Å². The van der Waals surface area contributed by atoms with Gasteiger partial charge in [0, 0.05) is 23.0 Å². The topological polar surface area (TPSA) is 84.2 Å². The highest BCUT2D eigenvalue weighted by atomic mass is 16.2. The lowest BCUT2D eigenvalue weighted by molar-refractivity contribution is -0.119. The average molecular weight is 249 g/mol. The summed E-state index contributed by atoms with van der Waals surface area (Å²) in [5.74, 6) is -0.186. The fourth-order valence-electron chi connectivity index (χ4n) is 1.53. The molecule has 4 N–H and O–H groups in total. The van der Waals surface area contributed by atoms with Crippen molar-refractivity contribution in [3.63, 3.8) is 0 Å². The van der Waals surface area contributed by atoms with Crippen molar-refractivity contribution in [3.05, 3.63) is 23.8 Å². The van der Waals surface area contributed by atoms with Crippen LogP contribution in [0.3, 0.4) is 0 Å². The number of carbonyl (C=O) groups excluding carboxylic acids is 2. The summed E-state index contributed by atoms with van der Waals surface area (Å²) in [6.07, 6.45) is 0. The monoisotopic (exact) mass is 249 g/mol. The summed E-state index contributed by atoms with van der Waals surface area (Å²) in [4.78, 5) is 22.8. The lowest BCUT2D eigenvalue weighted by atomic mass is 10.1. The summed E-state index contributed by atoms with van der Waals surface area (Å²) >= 11 is 0. The molecule has 0 aliphatic rings. The molecule has 0 spiro atoms. The van der Waals surface area contributed by atoms with Crippen LogP contribution in [-0.2, 0) is 4.79 Å². The van der Waals surface area contributed by atoms with Crippen LogP contribution in [0.1, 0.15) is 31.1 Å². The molecule has 0 fully saturated rings. The minimum atomic E-state index is -0.0946. The van der Waals surface area contributed by atoms with Crippen molar-refractivity contribution in [2.24, 2.45) is 0 Å². The molecule has 0 aromatic heterocycles. The minimum absolute atomic E-state index is 0.0915. The molecule has 0 aliphatic carbocycles. The Morgan fingerprint density at radius 1 is 1.33 bits per heavy atom. The zero-order valence-corrected chi connectivity index (χ0v) is 10.9. The lowest BCUT2D eigenvalue weighted by Crippen LogP contribution is -2.34. The first-order valence-electron chi connectivity index (χ1n) is 5.84. The minimum Gasteiger partial charge on any atom is -0.398 e. The number of amides is 1. The third kappa shape index (κ3) is 4.08. The number of nitrogens with one attached hydrogen (secondary N) is 2. The molecule has 0 saturated heterocycles. The SMILES string of the molecule is CC(=O)c1cc(NCC(=O)NC(C)C)ccc1N. The number of benzene rings is 1. The van der Waals surface area contributed by atoms with Crippen LogP contribution in [0.25, 0.3) is 0 Å². The van der Waals surface area contributed by atoms with Crippen LogP contribution in [0.5, 0.6) is 0 Å². The van der Waals surface area contributed by atoms with Gasteiger partial charge in [0.05, 0.1) is 6.54 Å². The number of carbonyl (C=O) groups is 2. The Balaban J connectivity index is 2.66.